The van der Waals surface area contributed by atoms with E-state index >= 15 is 0 Å². The van der Waals surface area contributed by atoms with Gasteiger partial charge in [-0.25, -0.2) is 0 Å². The van der Waals surface area contributed by atoms with Gasteiger partial charge in [0.25, 0.3) is 5.91 Å². The summed E-state index contributed by atoms with van der Waals surface area (Å²) in [5, 5.41) is 0. The molecule has 5 nitrogen and oxygen atoms in total. The van der Waals surface area contributed by atoms with Crippen LogP contribution in [-0.2, 0) is 4.74 Å². The number of likely N-dealkylation sites (tertiary alicyclic amines) is 1. The van der Waals surface area contributed by atoms with E-state index in [1.54, 1.807) is 7.11 Å². The molecule has 0 unspecified atom stereocenters. The largest absolute Gasteiger partial charge is 0.461 e. The molecule has 1 aliphatic rings. The molecule has 27 heavy (non-hydrogen) atoms. The highest BCUT2D eigenvalue weighted by Crippen LogP contribution is 2.23. The van der Waals surface area contributed by atoms with Crippen molar-refractivity contribution in [3.05, 3.63) is 47.7 Å². The Morgan fingerprint density at radius 3 is 2.70 bits per heavy atom. The number of piperidine rings is 1. The van der Waals surface area contributed by atoms with Crippen LogP contribution in [0.25, 0.3) is 11.3 Å². The molecule has 0 N–H and O–H groups in total. The number of carbonyl (C=O) groups excluding carboxylic acids is 1. The zero-order chi connectivity index (χ0) is 19.2. The van der Waals surface area contributed by atoms with E-state index in [0.29, 0.717) is 5.92 Å². The first-order valence-corrected chi connectivity index (χ1v) is 9.70. The minimum atomic E-state index is 0.0752. The number of hydrogen-bond acceptors (Lipinski definition) is 4. The monoisotopic (exact) mass is 370 g/mol. The number of furan rings is 1. The van der Waals surface area contributed by atoms with Gasteiger partial charge in [0.2, 0.25) is 0 Å². The van der Waals surface area contributed by atoms with Crippen LogP contribution in [0.4, 0.5) is 0 Å². The van der Waals surface area contributed by atoms with E-state index in [9.17, 15) is 4.79 Å². The highest BCUT2D eigenvalue weighted by molar-refractivity contribution is 5.94. The molecule has 1 saturated heterocycles. The Bertz CT molecular complexity index is 738. The van der Waals surface area contributed by atoms with Crippen LogP contribution in [0.3, 0.4) is 0 Å². The molecule has 0 bridgehead atoms. The molecule has 5 heteroatoms. The first kappa shape index (κ1) is 19.6. The van der Waals surface area contributed by atoms with Crippen LogP contribution in [0.1, 0.15) is 29.0 Å². The molecule has 1 aromatic heterocycles. The third-order valence-electron chi connectivity index (χ3n) is 5.25. The van der Waals surface area contributed by atoms with Crippen molar-refractivity contribution in [1.29, 1.82) is 0 Å². The van der Waals surface area contributed by atoms with Crippen LogP contribution < -0.4 is 0 Å². The van der Waals surface area contributed by atoms with Crippen molar-refractivity contribution >= 4 is 5.91 Å². The van der Waals surface area contributed by atoms with E-state index in [-0.39, 0.29) is 5.91 Å². The van der Waals surface area contributed by atoms with E-state index in [1.807, 2.05) is 55.3 Å². The third-order valence-corrected chi connectivity index (χ3v) is 5.25. The highest BCUT2D eigenvalue weighted by atomic mass is 16.5. The van der Waals surface area contributed by atoms with Gasteiger partial charge in [0.05, 0.1) is 6.61 Å². The molecule has 1 fully saturated rings. The van der Waals surface area contributed by atoms with Gasteiger partial charge in [0, 0.05) is 44.9 Å². The summed E-state index contributed by atoms with van der Waals surface area (Å²) in [4.78, 5) is 17.1. The van der Waals surface area contributed by atoms with E-state index in [2.05, 4.69) is 4.90 Å². The minimum absolute atomic E-state index is 0.0752. The van der Waals surface area contributed by atoms with Gasteiger partial charge < -0.3 is 19.0 Å². The van der Waals surface area contributed by atoms with Gasteiger partial charge in [-0.05, 0) is 56.5 Å². The second-order valence-electron chi connectivity index (χ2n) is 7.47. The number of ether oxygens (including phenoxy) is 1. The molecule has 3 rings (SSSR count). The van der Waals surface area contributed by atoms with Crippen molar-refractivity contribution in [2.45, 2.75) is 19.8 Å². The number of aryl methyl sites for hydroxylation is 1. The Morgan fingerprint density at radius 1 is 1.26 bits per heavy atom. The molecule has 0 radical (unpaired) electrons. The quantitative estimate of drug-likeness (QED) is 0.746. The molecule has 1 atom stereocenters. The average molecular weight is 370 g/mol. The Kier molecular flexibility index (Phi) is 6.69. The zero-order valence-electron chi connectivity index (χ0n) is 16.6. The van der Waals surface area contributed by atoms with Crippen LogP contribution in [0.15, 0.2) is 40.8 Å². The van der Waals surface area contributed by atoms with Crippen molar-refractivity contribution < 1.29 is 13.9 Å². The molecular formula is C22H30N2O3. The topological polar surface area (TPSA) is 45.9 Å². The number of carbonyl (C=O) groups is 1. The number of hydrogen-bond donors (Lipinski definition) is 0. The number of methoxy groups -OCH3 is 1. The van der Waals surface area contributed by atoms with Crippen molar-refractivity contribution in [2.24, 2.45) is 5.92 Å². The maximum absolute atomic E-state index is 12.8. The Hall–Kier alpha value is -2.11. The van der Waals surface area contributed by atoms with Crippen LogP contribution in [0, 0.1) is 12.8 Å². The summed E-state index contributed by atoms with van der Waals surface area (Å²) in [6.07, 6.45) is 2.37. The van der Waals surface area contributed by atoms with Gasteiger partial charge in [-0.3, -0.25) is 4.79 Å². The number of nitrogens with zero attached hydrogens (tertiary/aromatic N) is 2. The summed E-state index contributed by atoms with van der Waals surface area (Å²) in [6, 6.07) is 11.6. The lowest BCUT2D eigenvalue weighted by molar-refractivity contribution is 0.0703. The van der Waals surface area contributed by atoms with Gasteiger partial charge in [-0.15, -0.1) is 0 Å². The summed E-state index contributed by atoms with van der Waals surface area (Å²) in [5.74, 6) is 2.32. The average Bonchev–Trinajstić information content (AvgIpc) is 3.12. The van der Waals surface area contributed by atoms with E-state index < -0.39 is 0 Å². The first-order valence-electron chi connectivity index (χ1n) is 9.70. The highest BCUT2D eigenvalue weighted by Gasteiger charge is 2.23. The fourth-order valence-electron chi connectivity index (χ4n) is 3.78. The van der Waals surface area contributed by atoms with Crippen molar-refractivity contribution in [1.82, 2.24) is 9.80 Å². The third kappa shape index (κ3) is 5.21. The van der Waals surface area contributed by atoms with Crippen molar-refractivity contribution in [3.63, 3.8) is 0 Å². The van der Waals surface area contributed by atoms with Crippen LogP contribution in [-0.4, -0.2) is 62.7 Å². The lowest BCUT2D eigenvalue weighted by Crippen LogP contribution is -2.42. The molecule has 146 valence electrons. The van der Waals surface area contributed by atoms with Crippen molar-refractivity contribution in [3.8, 4) is 11.3 Å². The minimum Gasteiger partial charge on any atom is -0.461 e. The van der Waals surface area contributed by atoms with Crippen LogP contribution >= 0.6 is 0 Å². The lowest BCUT2D eigenvalue weighted by atomic mass is 9.97. The number of amides is 1. The lowest BCUT2D eigenvalue weighted by Gasteiger charge is -2.34. The molecule has 1 aromatic carbocycles. The molecule has 0 saturated carbocycles. The van der Waals surface area contributed by atoms with E-state index in [4.69, 9.17) is 9.15 Å². The molecule has 2 heterocycles. The van der Waals surface area contributed by atoms with Crippen LogP contribution in [0.2, 0.25) is 0 Å². The Balaban J connectivity index is 1.56. The van der Waals surface area contributed by atoms with Gasteiger partial charge in [-0.1, -0.05) is 12.1 Å². The standard InChI is InChI=1S/C22H30N2O3/c1-17-6-11-21(27-17)19-7-9-20(10-8-19)22(25)23(2)15-18-5-4-12-24(16-18)13-14-26-3/h6-11,18H,4-5,12-16H2,1-3H3/t18-/m1/s1. The fourth-order valence-corrected chi connectivity index (χ4v) is 3.78. The smallest absolute Gasteiger partial charge is 0.253 e. The van der Waals surface area contributed by atoms with E-state index in [0.717, 1.165) is 55.4 Å². The fraction of sp³-hybridized carbons (Fsp3) is 0.500. The van der Waals surface area contributed by atoms with Gasteiger partial charge >= 0.3 is 0 Å². The van der Waals surface area contributed by atoms with Gasteiger partial charge in [0.1, 0.15) is 11.5 Å². The van der Waals surface area contributed by atoms with Crippen molar-refractivity contribution in [2.75, 3.05) is 46.9 Å². The summed E-state index contributed by atoms with van der Waals surface area (Å²) in [7, 11) is 3.65. The molecule has 0 aliphatic carbocycles. The Morgan fingerprint density at radius 2 is 2.04 bits per heavy atom. The first-order chi connectivity index (χ1) is 13.1. The summed E-state index contributed by atoms with van der Waals surface area (Å²) < 4.78 is 10.8. The normalized spacial score (nSPS) is 17.8. The second kappa shape index (κ2) is 9.20. The second-order valence-corrected chi connectivity index (χ2v) is 7.47. The molecule has 2 aromatic rings. The zero-order valence-corrected chi connectivity index (χ0v) is 16.6. The predicted molar refractivity (Wildman–Crippen MR) is 107 cm³/mol. The molecular weight excluding hydrogens is 340 g/mol. The number of benzene rings is 1. The van der Waals surface area contributed by atoms with E-state index in [1.165, 1.54) is 12.8 Å². The maximum Gasteiger partial charge on any atom is 0.253 e. The SMILES string of the molecule is COCCN1CCC[C@H](CN(C)C(=O)c2ccc(-c3ccc(C)o3)cc2)C1. The molecule has 1 amide bonds. The number of rotatable bonds is 7. The summed E-state index contributed by atoms with van der Waals surface area (Å²) >= 11 is 0. The predicted octanol–water partition coefficient (Wildman–Crippen LogP) is 3.69. The molecule has 1 aliphatic heterocycles. The summed E-state index contributed by atoms with van der Waals surface area (Å²) in [5.41, 5.74) is 1.71. The Labute approximate surface area is 161 Å². The molecule has 0 spiro atoms. The van der Waals surface area contributed by atoms with Gasteiger partial charge in [0.15, 0.2) is 0 Å². The maximum atomic E-state index is 12.8. The van der Waals surface area contributed by atoms with Crippen LogP contribution in [0.5, 0.6) is 0 Å². The summed E-state index contributed by atoms with van der Waals surface area (Å²) in [6.45, 7) is 6.63. The van der Waals surface area contributed by atoms with Gasteiger partial charge in [-0.2, -0.15) is 0 Å².